The minimum absolute atomic E-state index is 0.0205. The van der Waals surface area contributed by atoms with Gasteiger partial charge in [-0.1, -0.05) is 6.42 Å². The van der Waals surface area contributed by atoms with Gasteiger partial charge in [-0.05, 0) is 51.0 Å². The van der Waals surface area contributed by atoms with Crippen molar-refractivity contribution in [3.8, 4) is 5.88 Å². The number of amides is 1. The van der Waals surface area contributed by atoms with Crippen LogP contribution in [0.1, 0.15) is 43.5 Å². The molecule has 0 atom stereocenters. The third-order valence-electron chi connectivity index (χ3n) is 5.88. The molecule has 1 amide bonds. The number of morpholine rings is 1. The minimum atomic E-state index is -3.64. The first kappa shape index (κ1) is 24.4. The molecule has 2 aliphatic rings. The van der Waals surface area contributed by atoms with Gasteiger partial charge < -0.3 is 19.7 Å². The molecule has 0 saturated carbocycles. The van der Waals surface area contributed by atoms with Crippen molar-refractivity contribution < 1.29 is 22.7 Å². The Hall–Kier alpha value is -2.69. The Balaban J connectivity index is 1.62. The number of carbonyl (C=O) groups is 1. The summed E-state index contributed by atoms with van der Waals surface area (Å²) in [5.74, 6) is 0.0702. The van der Waals surface area contributed by atoms with E-state index in [2.05, 4.69) is 15.2 Å². The summed E-state index contributed by atoms with van der Waals surface area (Å²) in [7, 11) is -3.64. The lowest BCUT2D eigenvalue weighted by molar-refractivity contribution is 0.102. The quantitative estimate of drug-likeness (QED) is 0.639. The van der Waals surface area contributed by atoms with Crippen LogP contribution in [0, 0.1) is 0 Å². The maximum absolute atomic E-state index is 13.3. The fourth-order valence-corrected chi connectivity index (χ4v) is 5.67. The summed E-state index contributed by atoms with van der Waals surface area (Å²) in [6.07, 6.45) is 4.19. The fraction of sp³-hybridized carbons (Fsp3) is 0.500. The Kier molecular flexibility index (Phi) is 7.70. The third-order valence-corrected chi connectivity index (χ3v) is 7.77. The molecule has 2 fully saturated rings. The monoisotopic (exact) mass is 488 g/mol. The summed E-state index contributed by atoms with van der Waals surface area (Å²) < 4.78 is 39.1. The van der Waals surface area contributed by atoms with Gasteiger partial charge in [0.2, 0.25) is 15.9 Å². The van der Waals surface area contributed by atoms with Crippen molar-refractivity contribution in [1.29, 1.82) is 0 Å². The predicted molar refractivity (Wildman–Crippen MR) is 130 cm³/mol. The van der Waals surface area contributed by atoms with Crippen molar-refractivity contribution in [2.75, 3.05) is 49.6 Å². The number of anilines is 2. The molecule has 34 heavy (non-hydrogen) atoms. The highest BCUT2D eigenvalue weighted by molar-refractivity contribution is 7.89. The van der Waals surface area contributed by atoms with E-state index in [9.17, 15) is 13.2 Å². The number of nitrogens with zero attached hydrogens (tertiary/aromatic N) is 3. The molecule has 0 aliphatic carbocycles. The standard InChI is InChI=1S/C24H32N4O5S/c1-18(2)33-23-9-6-19(17-25-23)24(29)26-21-16-20(34(30,31)28-10-4-3-5-11-28)7-8-22(21)27-12-14-32-15-13-27/h6-9,16-18H,3-5,10-15H2,1-2H3,(H,26,29). The zero-order valence-corrected chi connectivity index (χ0v) is 20.5. The van der Waals surface area contributed by atoms with Crippen LogP contribution in [-0.2, 0) is 14.8 Å². The van der Waals surface area contributed by atoms with Crippen molar-refractivity contribution in [3.63, 3.8) is 0 Å². The van der Waals surface area contributed by atoms with Gasteiger partial charge in [-0.25, -0.2) is 13.4 Å². The summed E-state index contributed by atoms with van der Waals surface area (Å²) in [6.45, 7) is 7.30. The molecular formula is C24H32N4O5S. The highest BCUT2D eigenvalue weighted by atomic mass is 32.2. The first-order valence-electron chi connectivity index (χ1n) is 11.8. The predicted octanol–water partition coefficient (Wildman–Crippen LogP) is 3.13. The van der Waals surface area contributed by atoms with E-state index in [-0.39, 0.29) is 16.9 Å². The second-order valence-electron chi connectivity index (χ2n) is 8.75. The van der Waals surface area contributed by atoms with Gasteiger partial charge in [0.05, 0.1) is 41.2 Å². The number of nitrogens with one attached hydrogen (secondary N) is 1. The molecular weight excluding hydrogens is 456 g/mol. The lowest BCUT2D eigenvalue weighted by atomic mass is 10.2. The van der Waals surface area contributed by atoms with Crippen LogP contribution in [0.15, 0.2) is 41.4 Å². The number of rotatable bonds is 7. The van der Waals surface area contributed by atoms with Crippen molar-refractivity contribution in [2.24, 2.45) is 0 Å². The summed E-state index contributed by atoms with van der Waals surface area (Å²) in [5.41, 5.74) is 1.57. The lowest BCUT2D eigenvalue weighted by Crippen LogP contribution is -2.37. The highest BCUT2D eigenvalue weighted by Crippen LogP contribution is 2.32. The lowest BCUT2D eigenvalue weighted by Gasteiger charge is -2.31. The molecule has 184 valence electrons. The molecule has 9 nitrogen and oxygen atoms in total. The van der Waals surface area contributed by atoms with E-state index in [0.29, 0.717) is 56.5 Å². The van der Waals surface area contributed by atoms with E-state index in [0.717, 1.165) is 24.9 Å². The van der Waals surface area contributed by atoms with Gasteiger partial charge in [-0.2, -0.15) is 4.31 Å². The largest absolute Gasteiger partial charge is 0.475 e. The van der Waals surface area contributed by atoms with E-state index in [4.69, 9.17) is 9.47 Å². The smallest absolute Gasteiger partial charge is 0.257 e. The van der Waals surface area contributed by atoms with Gasteiger partial charge in [0.1, 0.15) is 0 Å². The topological polar surface area (TPSA) is 101 Å². The molecule has 10 heteroatoms. The van der Waals surface area contributed by atoms with Gasteiger partial charge in [-0.15, -0.1) is 0 Å². The SMILES string of the molecule is CC(C)Oc1ccc(C(=O)Nc2cc(S(=O)(=O)N3CCCCC3)ccc2N2CCOCC2)cn1. The second-order valence-corrected chi connectivity index (χ2v) is 10.7. The van der Waals surface area contributed by atoms with Crippen LogP contribution in [0.3, 0.4) is 0 Å². The zero-order valence-electron chi connectivity index (χ0n) is 19.7. The number of aromatic nitrogens is 1. The summed E-state index contributed by atoms with van der Waals surface area (Å²) >= 11 is 0. The van der Waals surface area contributed by atoms with Crippen molar-refractivity contribution >= 4 is 27.3 Å². The molecule has 1 N–H and O–H groups in total. The third kappa shape index (κ3) is 5.68. The number of ether oxygens (including phenoxy) is 2. The molecule has 0 radical (unpaired) electrons. The maximum atomic E-state index is 13.3. The molecule has 4 rings (SSSR count). The molecule has 1 aromatic heterocycles. The second kappa shape index (κ2) is 10.7. The van der Waals surface area contributed by atoms with Crippen LogP contribution >= 0.6 is 0 Å². The van der Waals surface area contributed by atoms with Gasteiger partial charge >= 0.3 is 0 Å². The molecule has 2 aromatic rings. The Bertz CT molecular complexity index is 1090. The molecule has 2 aliphatic heterocycles. The normalized spacial score (nSPS) is 17.6. The highest BCUT2D eigenvalue weighted by Gasteiger charge is 2.28. The van der Waals surface area contributed by atoms with Crippen LogP contribution in [-0.4, -0.2) is 69.1 Å². The van der Waals surface area contributed by atoms with Crippen LogP contribution in [0.4, 0.5) is 11.4 Å². The molecule has 3 heterocycles. The average Bonchev–Trinajstić information content (AvgIpc) is 2.85. The number of pyridine rings is 1. The van der Waals surface area contributed by atoms with Crippen molar-refractivity contribution in [2.45, 2.75) is 44.1 Å². The zero-order chi connectivity index (χ0) is 24.1. The van der Waals surface area contributed by atoms with E-state index in [1.807, 2.05) is 13.8 Å². The first-order valence-corrected chi connectivity index (χ1v) is 13.2. The number of sulfonamides is 1. The van der Waals surface area contributed by atoms with Gasteiger partial charge in [0.25, 0.3) is 5.91 Å². The van der Waals surface area contributed by atoms with Crippen LogP contribution in [0.2, 0.25) is 0 Å². The number of hydrogen-bond donors (Lipinski definition) is 1. The van der Waals surface area contributed by atoms with Crippen molar-refractivity contribution in [1.82, 2.24) is 9.29 Å². The van der Waals surface area contributed by atoms with Crippen LogP contribution < -0.4 is 15.0 Å². The van der Waals surface area contributed by atoms with Crippen LogP contribution in [0.25, 0.3) is 0 Å². The average molecular weight is 489 g/mol. The Morgan fingerprint density at radius 2 is 1.79 bits per heavy atom. The number of benzene rings is 1. The van der Waals surface area contributed by atoms with Gasteiger partial charge in [0.15, 0.2) is 0 Å². The minimum Gasteiger partial charge on any atom is -0.475 e. The molecule has 0 unspecified atom stereocenters. The Labute approximate surface area is 201 Å². The summed E-state index contributed by atoms with van der Waals surface area (Å²) in [4.78, 5) is 19.5. The number of hydrogen-bond acceptors (Lipinski definition) is 7. The van der Waals surface area contributed by atoms with E-state index >= 15 is 0 Å². The first-order chi connectivity index (χ1) is 16.3. The Morgan fingerprint density at radius 1 is 1.06 bits per heavy atom. The molecule has 0 bridgehead atoms. The summed E-state index contributed by atoms with van der Waals surface area (Å²) in [5, 5.41) is 2.91. The van der Waals surface area contributed by atoms with Crippen LogP contribution in [0.5, 0.6) is 5.88 Å². The summed E-state index contributed by atoms with van der Waals surface area (Å²) in [6, 6.07) is 8.26. The van der Waals surface area contributed by atoms with Gasteiger partial charge in [0, 0.05) is 38.4 Å². The number of carbonyl (C=O) groups excluding carboxylic acids is 1. The van der Waals surface area contributed by atoms with E-state index in [1.54, 1.807) is 30.3 Å². The fourth-order valence-electron chi connectivity index (χ4n) is 4.13. The number of piperidine rings is 1. The van der Waals surface area contributed by atoms with E-state index < -0.39 is 10.0 Å². The van der Waals surface area contributed by atoms with Gasteiger partial charge in [-0.3, -0.25) is 4.79 Å². The Morgan fingerprint density at radius 3 is 2.44 bits per heavy atom. The molecule has 1 aromatic carbocycles. The van der Waals surface area contributed by atoms with Crippen molar-refractivity contribution in [3.05, 3.63) is 42.1 Å². The maximum Gasteiger partial charge on any atom is 0.257 e. The molecule has 2 saturated heterocycles. The van der Waals surface area contributed by atoms with E-state index in [1.165, 1.54) is 10.5 Å². The molecule has 0 spiro atoms.